The van der Waals surface area contributed by atoms with E-state index in [0.717, 1.165) is 23.2 Å². The molecule has 3 aromatic rings. The van der Waals surface area contributed by atoms with Crippen molar-refractivity contribution < 1.29 is 24.0 Å². The SMILES string of the molecule is O=C(Nc1ncc(C(=O)O)n1Cc1cccs1)c1ccc([N+](=O)[O-])o1. The Morgan fingerprint density at radius 2 is 2.20 bits per heavy atom. The number of aromatic carboxylic acids is 1. The highest BCUT2D eigenvalue weighted by atomic mass is 32.1. The topological polar surface area (TPSA) is 140 Å². The van der Waals surface area contributed by atoms with Crippen molar-refractivity contribution in [2.45, 2.75) is 6.54 Å². The number of amides is 1. The number of rotatable bonds is 6. The average molecular weight is 362 g/mol. The summed E-state index contributed by atoms with van der Waals surface area (Å²) < 4.78 is 6.14. The van der Waals surface area contributed by atoms with E-state index in [-0.39, 0.29) is 23.9 Å². The van der Waals surface area contributed by atoms with Gasteiger partial charge in [-0.15, -0.1) is 11.3 Å². The van der Waals surface area contributed by atoms with Crippen LogP contribution >= 0.6 is 11.3 Å². The van der Waals surface area contributed by atoms with Gasteiger partial charge in [-0.05, 0) is 17.5 Å². The van der Waals surface area contributed by atoms with Crippen LogP contribution < -0.4 is 5.32 Å². The minimum atomic E-state index is -1.20. The maximum atomic E-state index is 12.2. The molecule has 10 nitrogen and oxygen atoms in total. The van der Waals surface area contributed by atoms with Crippen LogP contribution in [0.25, 0.3) is 0 Å². The Morgan fingerprint density at radius 1 is 1.40 bits per heavy atom. The first kappa shape index (κ1) is 16.4. The predicted molar refractivity (Wildman–Crippen MR) is 85.9 cm³/mol. The Kier molecular flexibility index (Phi) is 4.31. The molecule has 0 spiro atoms. The number of furan rings is 1. The monoisotopic (exact) mass is 362 g/mol. The van der Waals surface area contributed by atoms with Crippen LogP contribution in [-0.2, 0) is 6.54 Å². The van der Waals surface area contributed by atoms with Gasteiger partial charge in [0.15, 0.2) is 5.76 Å². The molecule has 1 amide bonds. The summed E-state index contributed by atoms with van der Waals surface area (Å²) in [5.74, 6) is -2.83. The van der Waals surface area contributed by atoms with E-state index in [9.17, 15) is 24.8 Å². The number of aromatic nitrogens is 2. The number of hydrogen-bond donors (Lipinski definition) is 2. The summed E-state index contributed by atoms with van der Waals surface area (Å²) in [5, 5.41) is 24.1. The molecule has 25 heavy (non-hydrogen) atoms. The van der Waals surface area contributed by atoms with Gasteiger partial charge in [0.1, 0.15) is 10.6 Å². The third-order valence-corrected chi connectivity index (χ3v) is 4.05. The van der Waals surface area contributed by atoms with Gasteiger partial charge in [0, 0.05) is 4.88 Å². The van der Waals surface area contributed by atoms with Gasteiger partial charge in [-0.3, -0.25) is 24.8 Å². The molecule has 11 heteroatoms. The Morgan fingerprint density at radius 3 is 2.80 bits per heavy atom. The normalized spacial score (nSPS) is 10.6. The molecule has 0 saturated heterocycles. The molecule has 0 aliphatic heterocycles. The van der Waals surface area contributed by atoms with Crippen molar-refractivity contribution in [3.05, 3.63) is 62.3 Å². The number of anilines is 1. The maximum Gasteiger partial charge on any atom is 0.433 e. The summed E-state index contributed by atoms with van der Waals surface area (Å²) in [6.07, 6.45) is 1.12. The molecule has 3 heterocycles. The third-order valence-electron chi connectivity index (χ3n) is 3.19. The zero-order valence-electron chi connectivity index (χ0n) is 12.4. The summed E-state index contributed by atoms with van der Waals surface area (Å²) >= 11 is 1.42. The van der Waals surface area contributed by atoms with Gasteiger partial charge >= 0.3 is 11.9 Å². The van der Waals surface area contributed by atoms with Crippen molar-refractivity contribution in [2.75, 3.05) is 5.32 Å². The maximum absolute atomic E-state index is 12.2. The molecule has 2 N–H and O–H groups in total. The molecular weight excluding hydrogens is 352 g/mol. The van der Waals surface area contributed by atoms with Gasteiger partial charge in [0.25, 0.3) is 5.91 Å². The second kappa shape index (κ2) is 6.57. The van der Waals surface area contributed by atoms with Crippen molar-refractivity contribution in [3.8, 4) is 0 Å². The van der Waals surface area contributed by atoms with Crippen molar-refractivity contribution in [2.24, 2.45) is 0 Å². The Bertz CT molecular complexity index is 943. The van der Waals surface area contributed by atoms with Crippen molar-refractivity contribution in [1.82, 2.24) is 9.55 Å². The van der Waals surface area contributed by atoms with E-state index in [4.69, 9.17) is 4.42 Å². The smallest absolute Gasteiger partial charge is 0.433 e. The number of nitrogens with zero attached hydrogens (tertiary/aromatic N) is 3. The van der Waals surface area contributed by atoms with E-state index in [1.54, 1.807) is 0 Å². The summed E-state index contributed by atoms with van der Waals surface area (Å²) in [4.78, 5) is 38.1. The number of carboxylic acids is 1. The van der Waals surface area contributed by atoms with Gasteiger partial charge in [-0.25, -0.2) is 9.78 Å². The lowest BCUT2D eigenvalue weighted by atomic mass is 10.4. The fourth-order valence-corrected chi connectivity index (χ4v) is 2.77. The number of hydrogen-bond acceptors (Lipinski definition) is 7. The van der Waals surface area contributed by atoms with Crippen molar-refractivity contribution in [1.29, 1.82) is 0 Å². The molecule has 0 aromatic carbocycles. The number of carboxylic acid groups (broad SMARTS) is 1. The van der Waals surface area contributed by atoms with Crippen LogP contribution in [0.4, 0.5) is 11.8 Å². The van der Waals surface area contributed by atoms with Gasteiger partial charge in [0.05, 0.1) is 18.8 Å². The fraction of sp³-hybridized carbons (Fsp3) is 0.0714. The number of nitro groups is 1. The second-order valence-electron chi connectivity index (χ2n) is 4.79. The highest BCUT2D eigenvalue weighted by Gasteiger charge is 2.21. The highest BCUT2D eigenvalue weighted by Crippen LogP contribution is 2.20. The highest BCUT2D eigenvalue weighted by molar-refractivity contribution is 7.09. The van der Waals surface area contributed by atoms with Crippen LogP contribution in [0.3, 0.4) is 0 Å². The van der Waals surface area contributed by atoms with Gasteiger partial charge < -0.3 is 9.52 Å². The summed E-state index contributed by atoms with van der Waals surface area (Å²) in [6, 6.07) is 5.84. The average Bonchev–Trinajstić information content (AvgIpc) is 3.28. The summed E-state index contributed by atoms with van der Waals surface area (Å²) in [7, 11) is 0. The molecule has 0 fully saturated rings. The number of thiophene rings is 1. The Labute approximate surface area is 143 Å². The van der Waals surface area contributed by atoms with Crippen LogP contribution in [-0.4, -0.2) is 31.5 Å². The molecule has 0 unspecified atom stereocenters. The van der Waals surface area contributed by atoms with E-state index in [0.29, 0.717) is 0 Å². The van der Waals surface area contributed by atoms with Crippen LogP contribution in [0.1, 0.15) is 25.9 Å². The van der Waals surface area contributed by atoms with Gasteiger partial charge in [-0.2, -0.15) is 0 Å². The Balaban J connectivity index is 1.87. The molecule has 3 aromatic heterocycles. The lowest BCUT2D eigenvalue weighted by Crippen LogP contribution is -2.17. The largest absolute Gasteiger partial charge is 0.477 e. The zero-order chi connectivity index (χ0) is 18.0. The van der Waals surface area contributed by atoms with Gasteiger partial charge in [0.2, 0.25) is 5.95 Å². The van der Waals surface area contributed by atoms with Crippen LogP contribution in [0.5, 0.6) is 0 Å². The first-order chi connectivity index (χ1) is 12.0. The number of carbonyl (C=O) groups excluding carboxylic acids is 1. The van der Waals surface area contributed by atoms with Crippen LogP contribution in [0.2, 0.25) is 0 Å². The summed E-state index contributed by atoms with van der Waals surface area (Å²) in [5.41, 5.74) is -0.103. The van der Waals surface area contributed by atoms with Crippen molar-refractivity contribution >= 4 is 35.0 Å². The molecule has 0 radical (unpaired) electrons. The number of imidazole rings is 1. The van der Waals surface area contributed by atoms with E-state index in [1.807, 2.05) is 17.5 Å². The van der Waals surface area contributed by atoms with E-state index < -0.39 is 22.7 Å². The molecule has 3 rings (SSSR count). The zero-order valence-corrected chi connectivity index (χ0v) is 13.2. The van der Waals surface area contributed by atoms with E-state index in [1.165, 1.54) is 15.9 Å². The van der Waals surface area contributed by atoms with Crippen LogP contribution in [0.15, 0.2) is 40.3 Å². The minimum absolute atomic E-state index is 0.00477. The summed E-state index contributed by atoms with van der Waals surface area (Å²) in [6.45, 7) is 0.202. The van der Waals surface area contributed by atoms with Gasteiger partial charge in [-0.1, -0.05) is 6.07 Å². The van der Waals surface area contributed by atoms with Crippen molar-refractivity contribution in [3.63, 3.8) is 0 Å². The Hall–Kier alpha value is -3.47. The quantitative estimate of drug-likeness (QED) is 0.507. The molecule has 0 atom stereocenters. The lowest BCUT2D eigenvalue weighted by Gasteiger charge is -2.09. The first-order valence-electron chi connectivity index (χ1n) is 6.82. The van der Waals surface area contributed by atoms with Crippen LogP contribution in [0, 0.1) is 10.1 Å². The first-order valence-corrected chi connectivity index (χ1v) is 7.70. The second-order valence-corrected chi connectivity index (χ2v) is 5.82. The predicted octanol–water partition coefficient (Wildman–Crippen LogP) is 2.44. The molecule has 0 bridgehead atoms. The third kappa shape index (κ3) is 3.40. The molecule has 128 valence electrons. The molecule has 0 aliphatic rings. The standard InChI is InChI=1S/C14H10N4O6S/c19-12(10-3-4-11(24-10)18(22)23)16-14-15-6-9(13(20)21)17(14)7-8-2-1-5-25-8/h1-6H,7H2,(H,20,21)(H,15,16,19). The van der Waals surface area contributed by atoms with E-state index >= 15 is 0 Å². The molecule has 0 saturated carbocycles. The minimum Gasteiger partial charge on any atom is -0.477 e. The fourth-order valence-electron chi connectivity index (χ4n) is 2.08. The molecular formula is C14H10N4O6S. The number of carbonyl (C=O) groups is 2. The molecule has 0 aliphatic carbocycles. The number of nitrogens with one attached hydrogen (secondary N) is 1. The lowest BCUT2D eigenvalue weighted by molar-refractivity contribution is -0.402. The van der Waals surface area contributed by atoms with E-state index in [2.05, 4.69) is 10.3 Å².